The Hall–Kier alpha value is -4.66. The Morgan fingerprint density at radius 2 is 1.18 bits per heavy atom. The molecular formula is C30H32N2O7. The lowest BCUT2D eigenvalue weighted by Gasteiger charge is -2.23. The number of nitrogens with one attached hydrogen (secondary N) is 2. The summed E-state index contributed by atoms with van der Waals surface area (Å²) in [5.41, 5.74) is 2.35. The minimum Gasteiger partial charge on any atom is -0.481 e. The molecule has 0 saturated carbocycles. The van der Waals surface area contributed by atoms with Crippen LogP contribution in [0.25, 0.3) is 0 Å². The summed E-state index contributed by atoms with van der Waals surface area (Å²) in [6.07, 6.45) is -0.605. The molecule has 3 aromatic rings. The van der Waals surface area contributed by atoms with E-state index in [1.54, 1.807) is 12.1 Å². The fourth-order valence-corrected chi connectivity index (χ4v) is 3.77. The maximum Gasteiger partial charge on any atom is 0.408 e. The number of amides is 2. The number of alkyl carbamates (subject to hydrolysis) is 1. The number of hydrogen-bond donors (Lipinski definition) is 3. The summed E-state index contributed by atoms with van der Waals surface area (Å²) in [4.78, 5) is 49.8. The minimum atomic E-state index is -1.10. The molecule has 3 aromatic carbocycles. The summed E-state index contributed by atoms with van der Waals surface area (Å²) in [5, 5.41) is 14.3. The van der Waals surface area contributed by atoms with E-state index in [1.165, 1.54) is 0 Å². The second-order valence-electron chi connectivity index (χ2n) is 8.89. The molecule has 3 N–H and O–H groups in total. The third-order valence-electron chi connectivity index (χ3n) is 5.81. The number of benzene rings is 3. The summed E-state index contributed by atoms with van der Waals surface area (Å²) in [6.45, 7) is 0.0262. The number of rotatable bonds is 14. The van der Waals surface area contributed by atoms with Crippen molar-refractivity contribution in [3.8, 4) is 0 Å². The number of hydrogen-bond acceptors (Lipinski definition) is 6. The Balaban J connectivity index is 1.68. The van der Waals surface area contributed by atoms with E-state index in [1.807, 2.05) is 78.9 Å². The van der Waals surface area contributed by atoms with Crippen LogP contribution < -0.4 is 10.6 Å². The van der Waals surface area contributed by atoms with E-state index in [2.05, 4.69) is 10.6 Å². The molecular weight excluding hydrogens is 500 g/mol. The van der Waals surface area contributed by atoms with E-state index >= 15 is 0 Å². The minimum absolute atomic E-state index is 0.00246. The number of carbonyl (C=O) groups is 4. The molecule has 2 atom stereocenters. The lowest BCUT2D eigenvalue weighted by molar-refractivity contribution is -0.149. The average Bonchev–Trinajstić information content (AvgIpc) is 2.95. The number of esters is 1. The lowest BCUT2D eigenvalue weighted by Crippen LogP contribution is -2.52. The van der Waals surface area contributed by atoms with Crippen molar-refractivity contribution in [2.24, 2.45) is 0 Å². The van der Waals surface area contributed by atoms with Gasteiger partial charge < -0.3 is 25.2 Å². The molecule has 204 valence electrons. The molecule has 0 heterocycles. The highest BCUT2D eigenvalue weighted by Crippen LogP contribution is 2.10. The summed E-state index contributed by atoms with van der Waals surface area (Å²) in [7, 11) is 0. The fourth-order valence-electron chi connectivity index (χ4n) is 3.77. The van der Waals surface area contributed by atoms with Crippen LogP contribution in [0.5, 0.6) is 0 Å². The maximum atomic E-state index is 13.3. The van der Waals surface area contributed by atoms with Gasteiger partial charge in [0.25, 0.3) is 0 Å². The van der Waals surface area contributed by atoms with Gasteiger partial charge in [0.2, 0.25) is 5.91 Å². The summed E-state index contributed by atoms with van der Waals surface area (Å²) < 4.78 is 10.7. The first-order valence-electron chi connectivity index (χ1n) is 12.6. The van der Waals surface area contributed by atoms with Crippen LogP contribution in [0, 0.1) is 0 Å². The topological polar surface area (TPSA) is 131 Å². The van der Waals surface area contributed by atoms with E-state index in [0.29, 0.717) is 0 Å². The van der Waals surface area contributed by atoms with Crippen molar-refractivity contribution in [2.75, 3.05) is 0 Å². The first kappa shape index (κ1) is 28.9. The van der Waals surface area contributed by atoms with Gasteiger partial charge in [-0.15, -0.1) is 0 Å². The van der Waals surface area contributed by atoms with Gasteiger partial charge in [-0.2, -0.15) is 0 Å². The molecule has 3 rings (SSSR count). The Morgan fingerprint density at radius 3 is 1.72 bits per heavy atom. The van der Waals surface area contributed by atoms with Crippen LogP contribution in [-0.4, -0.2) is 41.1 Å². The number of carboxylic acids is 1. The second kappa shape index (κ2) is 15.6. The summed E-state index contributed by atoms with van der Waals surface area (Å²) in [5.74, 6) is -2.32. The fraction of sp³-hybridized carbons (Fsp3) is 0.267. The van der Waals surface area contributed by atoms with Crippen LogP contribution in [0.15, 0.2) is 91.0 Å². The molecule has 0 fully saturated rings. The van der Waals surface area contributed by atoms with Crippen molar-refractivity contribution in [2.45, 2.75) is 51.0 Å². The van der Waals surface area contributed by atoms with Gasteiger partial charge in [0, 0.05) is 12.8 Å². The molecule has 0 aliphatic carbocycles. The number of carboxylic acid groups (broad SMARTS) is 1. The van der Waals surface area contributed by atoms with Gasteiger partial charge in [0.05, 0.1) is 0 Å². The Morgan fingerprint density at radius 1 is 0.667 bits per heavy atom. The van der Waals surface area contributed by atoms with Gasteiger partial charge in [-0.3, -0.25) is 9.59 Å². The molecule has 0 saturated heterocycles. The van der Waals surface area contributed by atoms with E-state index in [4.69, 9.17) is 14.6 Å². The van der Waals surface area contributed by atoms with Gasteiger partial charge in [-0.05, 0) is 29.5 Å². The zero-order valence-electron chi connectivity index (χ0n) is 21.5. The van der Waals surface area contributed by atoms with E-state index in [9.17, 15) is 19.2 Å². The third-order valence-corrected chi connectivity index (χ3v) is 5.81. The molecule has 0 radical (unpaired) electrons. The standard InChI is InChI=1S/C30H32N2O7/c33-27(34)18-10-17-25(29(36)38-20-23-13-6-2-7-14-23)31-28(35)26(19-22-11-4-1-5-12-22)32-30(37)39-21-24-15-8-3-9-16-24/h1-9,11-16,25-26H,10,17-21H2,(H,31,35)(H,32,37)(H,33,34)/t25-,26-/m0/s1. The van der Waals surface area contributed by atoms with Crippen molar-refractivity contribution < 1.29 is 33.8 Å². The number of aliphatic carboxylic acids is 1. The zero-order valence-corrected chi connectivity index (χ0v) is 21.5. The molecule has 0 aliphatic heterocycles. The molecule has 0 unspecified atom stereocenters. The molecule has 0 spiro atoms. The second-order valence-corrected chi connectivity index (χ2v) is 8.89. The Bertz CT molecular complexity index is 1200. The first-order chi connectivity index (χ1) is 18.9. The van der Waals surface area contributed by atoms with E-state index < -0.39 is 36.0 Å². The van der Waals surface area contributed by atoms with Crippen molar-refractivity contribution >= 4 is 23.9 Å². The molecule has 2 amide bonds. The smallest absolute Gasteiger partial charge is 0.408 e. The molecule has 0 bridgehead atoms. The Kier molecular flexibility index (Phi) is 11.5. The van der Waals surface area contributed by atoms with E-state index in [-0.39, 0.29) is 38.9 Å². The predicted molar refractivity (Wildman–Crippen MR) is 143 cm³/mol. The normalized spacial score (nSPS) is 12.0. The van der Waals surface area contributed by atoms with Gasteiger partial charge in [-0.25, -0.2) is 9.59 Å². The van der Waals surface area contributed by atoms with Crippen LogP contribution in [0.4, 0.5) is 4.79 Å². The Labute approximate surface area is 227 Å². The van der Waals surface area contributed by atoms with Crippen LogP contribution in [-0.2, 0) is 43.5 Å². The molecule has 39 heavy (non-hydrogen) atoms. The molecule has 0 aromatic heterocycles. The van der Waals surface area contributed by atoms with Crippen LogP contribution in [0.1, 0.15) is 36.0 Å². The summed E-state index contributed by atoms with van der Waals surface area (Å²) in [6, 6.07) is 25.1. The van der Waals surface area contributed by atoms with Gasteiger partial charge in [0.15, 0.2) is 0 Å². The lowest BCUT2D eigenvalue weighted by atomic mass is 10.0. The van der Waals surface area contributed by atoms with Crippen molar-refractivity contribution in [3.63, 3.8) is 0 Å². The first-order valence-corrected chi connectivity index (χ1v) is 12.6. The third kappa shape index (κ3) is 10.7. The number of ether oxygens (including phenoxy) is 2. The molecule has 9 nitrogen and oxygen atoms in total. The SMILES string of the molecule is O=C(O)CCC[C@H](NC(=O)[C@H](Cc1ccccc1)NC(=O)OCc1ccccc1)C(=O)OCc1ccccc1. The highest BCUT2D eigenvalue weighted by Gasteiger charge is 2.28. The van der Waals surface area contributed by atoms with Gasteiger partial charge in [-0.1, -0.05) is 91.0 Å². The van der Waals surface area contributed by atoms with Gasteiger partial charge in [0.1, 0.15) is 25.3 Å². The van der Waals surface area contributed by atoms with E-state index in [0.717, 1.165) is 16.7 Å². The van der Waals surface area contributed by atoms with Crippen molar-refractivity contribution in [1.82, 2.24) is 10.6 Å². The van der Waals surface area contributed by atoms with Crippen molar-refractivity contribution in [1.29, 1.82) is 0 Å². The van der Waals surface area contributed by atoms with Crippen LogP contribution in [0.3, 0.4) is 0 Å². The predicted octanol–water partition coefficient (Wildman–Crippen LogP) is 4.01. The van der Waals surface area contributed by atoms with Gasteiger partial charge >= 0.3 is 18.0 Å². The van der Waals surface area contributed by atoms with Crippen LogP contribution in [0.2, 0.25) is 0 Å². The number of carbonyl (C=O) groups excluding carboxylic acids is 3. The monoisotopic (exact) mass is 532 g/mol. The molecule has 9 heteroatoms. The largest absolute Gasteiger partial charge is 0.481 e. The zero-order chi connectivity index (χ0) is 27.9. The quantitative estimate of drug-likeness (QED) is 0.267. The van der Waals surface area contributed by atoms with Crippen LogP contribution >= 0.6 is 0 Å². The average molecular weight is 533 g/mol. The highest BCUT2D eigenvalue weighted by atomic mass is 16.5. The highest BCUT2D eigenvalue weighted by molar-refractivity contribution is 5.90. The molecule has 0 aliphatic rings. The summed E-state index contributed by atoms with van der Waals surface area (Å²) >= 11 is 0. The maximum absolute atomic E-state index is 13.3. The van der Waals surface area contributed by atoms with Crippen molar-refractivity contribution in [3.05, 3.63) is 108 Å².